The van der Waals surface area contributed by atoms with Crippen molar-refractivity contribution in [2.24, 2.45) is 0 Å². The molecule has 0 bridgehead atoms. The first-order valence-corrected chi connectivity index (χ1v) is 9.43. The molecule has 0 fully saturated rings. The maximum absolute atomic E-state index is 13.1. The molecule has 0 unspecified atom stereocenters. The van der Waals surface area contributed by atoms with E-state index in [-0.39, 0.29) is 17.9 Å². The number of carbonyl (C=O) groups excluding carboxylic acids is 2. The van der Waals surface area contributed by atoms with Gasteiger partial charge >= 0.3 is 0 Å². The van der Waals surface area contributed by atoms with Gasteiger partial charge in [0.2, 0.25) is 5.91 Å². The van der Waals surface area contributed by atoms with Gasteiger partial charge in [-0.15, -0.1) is 0 Å². The van der Waals surface area contributed by atoms with Gasteiger partial charge in [0.25, 0.3) is 5.91 Å². The summed E-state index contributed by atoms with van der Waals surface area (Å²) in [5.74, 6) is -0.274. The van der Waals surface area contributed by atoms with Gasteiger partial charge in [-0.2, -0.15) is 0 Å². The molecule has 3 rings (SSSR count). The van der Waals surface area contributed by atoms with Gasteiger partial charge in [-0.05, 0) is 44.0 Å². The fourth-order valence-corrected chi connectivity index (χ4v) is 3.29. The van der Waals surface area contributed by atoms with Crippen molar-refractivity contribution >= 4 is 17.5 Å². The SMILES string of the molecule is CC(C)OCCCNC(=O)[C@@H]1Cc2ccccc2N1C(=O)c1ccccc1. The number of nitrogens with zero attached hydrogens (tertiary/aromatic N) is 1. The molecule has 1 atom stereocenters. The van der Waals surface area contributed by atoms with Gasteiger partial charge < -0.3 is 10.1 Å². The summed E-state index contributed by atoms with van der Waals surface area (Å²) in [4.78, 5) is 27.5. The van der Waals surface area contributed by atoms with Crippen LogP contribution in [0.3, 0.4) is 0 Å². The Morgan fingerprint density at radius 1 is 1.11 bits per heavy atom. The molecule has 0 aromatic heterocycles. The Kier molecular flexibility index (Phi) is 6.24. The van der Waals surface area contributed by atoms with Crippen molar-refractivity contribution < 1.29 is 14.3 Å². The minimum Gasteiger partial charge on any atom is -0.379 e. The van der Waals surface area contributed by atoms with Crippen LogP contribution in [-0.4, -0.2) is 37.1 Å². The molecule has 5 nitrogen and oxygen atoms in total. The molecule has 0 spiro atoms. The van der Waals surface area contributed by atoms with E-state index in [4.69, 9.17) is 4.74 Å². The molecule has 0 aliphatic carbocycles. The number of hydrogen-bond donors (Lipinski definition) is 1. The lowest BCUT2D eigenvalue weighted by Crippen LogP contribution is -2.48. The summed E-state index contributed by atoms with van der Waals surface area (Å²) in [5.41, 5.74) is 2.41. The lowest BCUT2D eigenvalue weighted by Gasteiger charge is -2.25. The normalized spacial score (nSPS) is 15.7. The Labute approximate surface area is 160 Å². The van der Waals surface area contributed by atoms with Crippen LogP contribution in [0, 0.1) is 0 Å². The third kappa shape index (κ3) is 4.55. The van der Waals surface area contributed by atoms with Crippen molar-refractivity contribution in [3.05, 3.63) is 65.7 Å². The molecule has 27 heavy (non-hydrogen) atoms. The van der Waals surface area contributed by atoms with E-state index in [9.17, 15) is 9.59 Å². The third-order valence-corrected chi connectivity index (χ3v) is 4.59. The number of anilines is 1. The molecule has 1 aliphatic heterocycles. The van der Waals surface area contributed by atoms with Gasteiger partial charge in [-0.3, -0.25) is 14.5 Å². The van der Waals surface area contributed by atoms with Gasteiger partial charge in [-0.25, -0.2) is 0 Å². The molecule has 2 aromatic rings. The fraction of sp³-hybridized carbons (Fsp3) is 0.364. The van der Waals surface area contributed by atoms with E-state index < -0.39 is 6.04 Å². The highest BCUT2D eigenvalue weighted by atomic mass is 16.5. The van der Waals surface area contributed by atoms with Crippen LogP contribution in [0.2, 0.25) is 0 Å². The second-order valence-electron chi connectivity index (χ2n) is 6.95. The summed E-state index contributed by atoms with van der Waals surface area (Å²) < 4.78 is 5.50. The molecule has 142 valence electrons. The van der Waals surface area contributed by atoms with Crippen molar-refractivity contribution in [2.45, 2.75) is 38.8 Å². The Bertz CT molecular complexity index is 789. The standard InChI is InChI=1S/C22H26N2O3/c1-16(2)27-14-8-13-23-21(25)20-15-18-11-6-7-12-19(18)24(20)22(26)17-9-4-3-5-10-17/h3-7,9-12,16,20H,8,13-15H2,1-2H3,(H,23,25)/t20-/m0/s1. The predicted molar refractivity (Wildman–Crippen MR) is 106 cm³/mol. The van der Waals surface area contributed by atoms with E-state index >= 15 is 0 Å². The highest BCUT2D eigenvalue weighted by Crippen LogP contribution is 2.33. The van der Waals surface area contributed by atoms with Crippen molar-refractivity contribution in [3.63, 3.8) is 0 Å². The Balaban J connectivity index is 1.72. The zero-order chi connectivity index (χ0) is 19.2. The zero-order valence-electron chi connectivity index (χ0n) is 15.9. The van der Waals surface area contributed by atoms with Crippen molar-refractivity contribution in [3.8, 4) is 0 Å². The molecule has 2 aromatic carbocycles. The predicted octanol–water partition coefficient (Wildman–Crippen LogP) is 3.19. The highest BCUT2D eigenvalue weighted by molar-refractivity contribution is 6.11. The van der Waals surface area contributed by atoms with Crippen LogP contribution in [-0.2, 0) is 16.0 Å². The first kappa shape index (κ1) is 19.1. The summed E-state index contributed by atoms with van der Waals surface area (Å²) in [7, 11) is 0. The Hall–Kier alpha value is -2.66. The molecule has 0 radical (unpaired) electrons. The van der Waals surface area contributed by atoms with Crippen LogP contribution in [0.25, 0.3) is 0 Å². The maximum Gasteiger partial charge on any atom is 0.259 e. The largest absolute Gasteiger partial charge is 0.379 e. The zero-order valence-corrected chi connectivity index (χ0v) is 15.9. The van der Waals surface area contributed by atoms with Crippen molar-refractivity contribution in [2.75, 3.05) is 18.1 Å². The van der Waals surface area contributed by atoms with Crippen LogP contribution < -0.4 is 10.2 Å². The third-order valence-electron chi connectivity index (χ3n) is 4.59. The number of rotatable bonds is 7. The molecule has 1 heterocycles. The number of benzene rings is 2. The number of para-hydroxylation sites is 1. The minimum atomic E-state index is -0.527. The summed E-state index contributed by atoms with van der Waals surface area (Å²) in [6.45, 7) is 5.12. The molecule has 5 heteroatoms. The summed E-state index contributed by atoms with van der Waals surface area (Å²) in [5, 5.41) is 2.96. The second kappa shape index (κ2) is 8.82. The average Bonchev–Trinajstić information content (AvgIpc) is 3.07. The number of carbonyl (C=O) groups is 2. The van der Waals surface area contributed by atoms with Crippen molar-refractivity contribution in [1.82, 2.24) is 5.32 Å². The van der Waals surface area contributed by atoms with Crippen molar-refractivity contribution in [1.29, 1.82) is 0 Å². The van der Waals surface area contributed by atoms with Crippen LogP contribution in [0.4, 0.5) is 5.69 Å². The Morgan fingerprint density at radius 3 is 2.56 bits per heavy atom. The van der Waals surface area contributed by atoms with Gasteiger partial charge in [-0.1, -0.05) is 36.4 Å². The maximum atomic E-state index is 13.1. The van der Waals surface area contributed by atoms with E-state index in [0.717, 1.165) is 17.7 Å². The quantitative estimate of drug-likeness (QED) is 0.766. The number of amides is 2. The number of hydrogen-bond acceptors (Lipinski definition) is 3. The molecule has 0 saturated heterocycles. The summed E-state index contributed by atoms with van der Waals surface area (Å²) in [6, 6.07) is 16.3. The molecule has 0 saturated carbocycles. The summed E-state index contributed by atoms with van der Waals surface area (Å²) in [6.07, 6.45) is 1.46. The topological polar surface area (TPSA) is 58.6 Å². The fourth-order valence-electron chi connectivity index (χ4n) is 3.29. The first-order chi connectivity index (χ1) is 13.1. The lowest BCUT2D eigenvalue weighted by molar-refractivity contribution is -0.122. The first-order valence-electron chi connectivity index (χ1n) is 9.43. The molecule has 1 aliphatic rings. The number of fused-ring (bicyclic) bond motifs is 1. The van der Waals surface area contributed by atoms with Crippen LogP contribution >= 0.6 is 0 Å². The van der Waals surface area contributed by atoms with E-state index in [0.29, 0.717) is 25.1 Å². The molecule has 1 N–H and O–H groups in total. The molecule has 2 amide bonds. The monoisotopic (exact) mass is 366 g/mol. The van der Waals surface area contributed by atoms with Crippen LogP contribution in [0.5, 0.6) is 0 Å². The van der Waals surface area contributed by atoms with E-state index in [1.165, 1.54) is 0 Å². The van der Waals surface area contributed by atoms with Crippen LogP contribution in [0.15, 0.2) is 54.6 Å². The van der Waals surface area contributed by atoms with Gasteiger partial charge in [0, 0.05) is 30.8 Å². The number of ether oxygens (including phenoxy) is 1. The smallest absolute Gasteiger partial charge is 0.259 e. The van der Waals surface area contributed by atoms with Gasteiger partial charge in [0.05, 0.1) is 6.10 Å². The molecular formula is C22H26N2O3. The second-order valence-corrected chi connectivity index (χ2v) is 6.95. The summed E-state index contributed by atoms with van der Waals surface area (Å²) >= 11 is 0. The number of nitrogens with one attached hydrogen (secondary N) is 1. The van der Waals surface area contributed by atoms with Crippen LogP contribution in [0.1, 0.15) is 36.2 Å². The van der Waals surface area contributed by atoms with E-state index in [2.05, 4.69) is 5.32 Å². The minimum absolute atomic E-state index is 0.125. The lowest BCUT2D eigenvalue weighted by atomic mass is 10.1. The van der Waals surface area contributed by atoms with Gasteiger partial charge in [0.1, 0.15) is 6.04 Å². The Morgan fingerprint density at radius 2 is 1.81 bits per heavy atom. The average molecular weight is 366 g/mol. The van der Waals surface area contributed by atoms with E-state index in [1.807, 2.05) is 56.3 Å². The van der Waals surface area contributed by atoms with E-state index in [1.54, 1.807) is 17.0 Å². The van der Waals surface area contributed by atoms with Gasteiger partial charge in [0.15, 0.2) is 0 Å². The highest BCUT2D eigenvalue weighted by Gasteiger charge is 2.38. The molecular weight excluding hydrogens is 340 g/mol.